The number of nitrogens with one attached hydrogen (secondary N) is 2. The van der Waals surface area contributed by atoms with Crippen molar-refractivity contribution in [1.82, 2.24) is 14.9 Å². The summed E-state index contributed by atoms with van der Waals surface area (Å²) in [5.41, 5.74) is 8.09. The van der Waals surface area contributed by atoms with E-state index in [2.05, 4.69) is 20.2 Å². The molecule has 0 unspecified atom stereocenters. The first-order valence-electron chi connectivity index (χ1n) is 11.9. The minimum Gasteiger partial charge on any atom is -0.508 e. The summed E-state index contributed by atoms with van der Waals surface area (Å²) >= 11 is 6.55. The lowest BCUT2D eigenvalue weighted by Crippen LogP contribution is -2.58. The highest BCUT2D eigenvalue weighted by Gasteiger charge is 2.31. The Morgan fingerprint density at radius 3 is 2.68 bits per heavy atom. The monoisotopic (exact) mass is 523 g/mol. The fourth-order valence-corrected chi connectivity index (χ4v) is 4.53. The third-order valence-electron chi connectivity index (χ3n) is 6.44. The number of benzene rings is 2. The van der Waals surface area contributed by atoms with E-state index >= 15 is 4.39 Å². The normalized spacial score (nSPS) is 14.8. The van der Waals surface area contributed by atoms with Gasteiger partial charge in [0.2, 0.25) is 5.95 Å². The molecular formula is C27H31ClFN7O. The van der Waals surface area contributed by atoms with Gasteiger partial charge in [-0.05, 0) is 62.9 Å². The molecule has 10 heteroatoms. The van der Waals surface area contributed by atoms with Crippen molar-refractivity contribution in [3.8, 4) is 0 Å². The lowest BCUT2D eigenvalue weighted by molar-refractivity contribution is 0.245. The lowest BCUT2D eigenvalue weighted by Gasteiger charge is -2.42. The van der Waals surface area contributed by atoms with Gasteiger partial charge in [0.1, 0.15) is 22.9 Å². The van der Waals surface area contributed by atoms with Crippen molar-refractivity contribution in [3.63, 3.8) is 0 Å². The number of aryl methyl sites for hydroxylation is 1. The van der Waals surface area contributed by atoms with Gasteiger partial charge >= 0.3 is 0 Å². The van der Waals surface area contributed by atoms with E-state index in [1.807, 2.05) is 50.2 Å². The number of fused-ring (bicyclic) bond motifs is 1. The Morgan fingerprint density at radius 2 is 2.03 bits per heavy atom. The van der Waals surface area contributed by atoms with Crippen LogP contribution in [0.5, 0.6) is 0 Å². The van der Waals surface area contributed by atoms with Gasteiger partial charge in [0.15, 0.2) is 5.82 Å². The van der Waals surface area contributed by atoms with Crippen molar-refractivity contribution >= 4 is 51.8 Å². The van der Waals surface area contributed by atoms with Crippen LogP contribution in [0, 0.1) is 18.2 Å². The summed E-state index contributed by atoms with van der Waals surface area (Å²) in [6.07, 6.45) is 3.11. The maximum absolute atomic E-state index is 16.0. The first kappa shape index (κ1) is 26.4. The van der Waals surface area contributed by atoms with Gasteiger partial charge in [-0.15, -0.1) is 0 Å². The highest BCUT2D eigenvalue weighted by Crippen LogP contribution is 2.36. The SMILES string of the molecule is C/C(=C\C(O)=C/c1ccccc1C)c1c(Cl)cc2c(NCC(=N)N)nc(N3CC(N(C)C)C3)nc2c1F. The Morgan fingerprint density at radius 1 is 1.32 bits per heavy atom. The molecule has 0 aliphatic carbocycles. The van der Waals surface area contributed by atoms with Crippen molar-refractivity contribution in [1.29, 1.82) is 5.41 Å². The number of nitrogens with zero attached hydrogens (tertiary/aromatic N) is 4. The quantitative estimate of drug-likeness (QED) is 0.145. The number of rotatable bonds is 8. The van der Waals surface area contributed by atoms with Crippen LogP contribution in [0.4, 0.5) is 16.2 Å². The van der Waals surface area contributed by atoms with Crippen LogP contribution in [0.25, 0.3) is 22.6 Å². The molecule has 0 saturated carbocycles. The van der Waals surface area contributed by atoms with E-state index in [0.29, 0.717) is 41.9 Å². The molecule has 0 atom stereocenters. The molecule has 0 spiro atoms. The van der Waals surface area contributed by atoms with Gasteiger partial charge in [-0.25, -0.2) is 9.37 Å². The number of likely N-dealkylation sites (N-methyl/N-ethyl adjacent to an activating group) is 1. The number of aliphatic hydroxyl groups excluding tert-OH is 1. The highest BCUT2D eigenvalue weighted by molar-refractivity contribution is 6.33. The maximum Gasteiger partial charge on any atom is 0.228 e. The molecule has 37 heavy (non-hydrogen) atoms. The second kappa shape index (κ2) is 10.7. The summed E-state index contributed by atoms with van der Waals surface area (Å²) in [6.45, 7) is 5.10. The van der Waals surface area contributed by atoms with Crippen LogP contribution in [0.1, 0.15) is 23.6 Å². The van der Waals surface area contributed by atoms with Crippen LogP contribution < -0.4 is 16.0 Å². The number of nitrogens with two attached hydrogens (primary N) is 1. The minimum absolute atomic E-state index is 0.0233. The molecule has 4 rings (SSSR count). The van der Waals surface area contributed by atoms with E-state index in [4.69, 9.17) is 22.7 Å². The molecule has 0 bridgehead atoms. The van der Waals surface area contributed by atoms with Crippen molar-refractivity contribution in [3.05, 3.63) is 69.7 Å². The number of anilines is 2. The van der Waals surface area contributed by atoms with Gasteiger partial charge in [-0.1, -0.05) is 35.9 Å². The molecule has 8 nitrogen and oxygen atoms in total. The Bertz CT molecular complexity index is 1410. The average Bonchev–Trinajstić information content (AvgIpc) is 2.78. The van der Waals surface area contributed by atoms with Crippen molar-refractivity contribution in [2.75, 3.05) is 43.9 Å². The van der Waals surface area contributed by atoms with E-state index in [1.54, 1.807) is 19.1 Å². The van der Waals surface area contributed by atoms with E-state index in [0.717, 1.165) is 11.1 Å². The van der Waals surface area contributed by atoms with Gasteiger partial charge in [-0.3, -0.25) is 5.41 Å². The smallest absolute Gasteiger partial charge is 0.228 e. The molecule has 1 aliphatic rings. The molecule has 2 heterocycles. The number of hydrogen-bond donors (Lipinski definition) is 4. The number of allylic oxidation sites excluding steroid dienone is 2. The summed E-state index contributed by atoms with van der Waals surface area (Å²) in [7, 11) is 4.02. The van der Waals surface area contributed by atoms with E-state index in [-0.39, 0.29) is 34.2 Å². The van der Waals surface area contributed by atoms with Crippen molar-refractivity contribution in [2.45, 2.75) is 19.9 Å². The molecule has 2 aromatic carbocycles. The lowest BCUT2D eigenvalue weighted by atomic mass is 10.0. The third kappa shape index (κ3) is 5.68. The summed E-state index contributed by atoms with van der Waals surface area (Å²) < 4.78 is 16.0. The van der Waals surface area contributed by atoms with Crippen LogP contribution >= 0.6 is 11.6 Å². The van der Waals surface area contributed by atoms with E-state index in [9.17, 15) is 5.11 Å². The highest BCUT2D eigenvalue weighted by atomic mass is 35.5. The van der Waals surface area contributed by atoms with E-state index < -0.39 is 5.82 Å². The zero-order valence-corrected chi connectivity index (χ0v) is 22.1. The van der Waals surface area contributed by atoms with Gasteiger partial charge in [-0.2, -0.15) is 4.98 Å². The van der Waals surface area contributed by atoms with Crippen LogP contribution in [-0.2, 0) is 0 Å². The molecule has 1 aromatic heterocycles. The molecule has 1 saturated heterocycles. The van der Waals surface area contributed by atoms with Crippen molar-refractivity contribution in [2.24, 2.45) is 5.73 Å². The summed E-state index contributed by atoms with van der Waals surface area (Å²) in [5.74, 6) is 0.0133. The molecule has 1 fully saturated rings. The number of aliphatic hydroxyl groups is 1. The topological polar surface area (TPSA) is 114 Å². The molecule has 194 valence electrons. The summed E-state index contributed by atoms with van der Waals surface area (Å²) in [4.78, 5) is 13.2. The zero-order chi connectivity index (χ0) is 26.9. The Kier molecular flexibility index (Phi) is 7.65. The Labute approximate surface area is 220 Å². The minimum atomic E-state index is -0.612. The van der Waals surface area contributed by atoms with Crippen LogP contribution in [-0.4, -0.2) is 65.6 Å². The summed E-state index contributed by atoms with van der Waals surface area (Å²) in [5, 5.41) is 21.7. The molecule has 1 aliphatic heterocycles. The van der Waals surface area contributed by atoms with Crippen LogP contribution in [0.2, 0.25) is 5.02 Å². The fraction of sp³-hybridized carbons (Fsp3) is 0.296. The number of hydrogen-bond acceptors (Lipinski definition) is 7. The third-order valence-corrected chi connectivity index (χ3v) is 6.74. The molecule has 0 radical (unpaired) electrons. The standard InChI is InChI=1S/C27H31ClFN7O/c1-15-7-5-6-8-17(15)10-19(37)9-16(2)23-21(28)11-20-25(24(23)29)33-27(34-26(20)32-12-22(30)31)36-13-18(14-36)35(3)4/h5-11,18,37H,12-14H2,1-4H3,(H3,30,31)(H,32,33,34)/b16-9+,19-10+. The first-order valence-corrected chi connectivity index (χ1v) is 12.3. The Balaban J connectivity index is 1.78. The Hall–Kier alpha value is -3.69. The van der Waals surface area contributed by atoms with Crippen LogP contribution in [0.3, 0.4) is 0 Å². The molecule has 5 N–H and O–H groups in total. The summed E-state index contributed by atoms with van der Waals surface area (Å²) in [6, 6.07) is 9.60. The van der Waals surface area contributed by atoms with Gasteiger partial charge < -0.3 is 26.0 Å². The number of amidine groups is 1. The number of halogens is 2. The second-order valence-corrected chi connectivity index (χ2v) is 9.88. The van der Waals surface area contributed by atoms with Crippen LogP contribution in [0.15, 0.2) is 42.2 Å². The molecular weight excluding hydrogens is 493 g/mol. The largest absolute Gasteiger partial charge is 0.508 e. The second-order valence-electron chi connectivity index (χ2n) is 9.47. The van der Waals surface area contributed by atoms with Gasteiger partial charge in [0, 0.05) is 30.1 Å². The molecule has 3 aromatic rings. The average molecular weight is 524 g/mol. The maximum atomic E-state index is 16.0. The zero-order valence-electron chi connectivity index (χ0n) is 21.3. The van der Waals surface area contributed by atoms with Gasteiger partial charge in [0.05, 0.1) is 11.6 Å². The predicted octanol–water partition coefficient (Wildman–Crippen LogP) is 4.83. The first-order chi connectivity index (χ1) is 17.5. The number of aromatic nitrogens is 2. The predicted molar refractivity (Wildman–Crippen MR) is 150 cm³/mol. The van der Waals surface area contributed by atoms with E-state index in [1.165, 1.54) is 6.08 Å². The van der Waals surface area contributed by atoms with Crippen molar-refractivity contribution < 1.29 is 9.50 Å². The van der Waals surface area contributed by atoms with Gasteiger partial charge in [0.25, 0.3) is 0 Å². The molecule has 0 amide bonds. The fourth-order valence-electron chi connectivity index (χ4n) is 4.19.